The molecular weight excluding hydrogens is 659 g/mol. The van der Waals surface area contributed by atoms with Crippen LogP contribution in [0.4, 0.5) is 15.8 Å². The number of aromatic amines is 1. The molecule has 2 saturated heterocycles. The molecule has 0 saturated carbocycles. The summed E-state index contributed by atoms with van der Waals surface area (Å²) in [7, 11) is 0. The number of carbonyl (C=O) groups is 2. The van der Waals surface area contributed by atoms with Crippen molar-refractivity contribution in [3.63, 3.8) is 0 Å². The van der Waals surface area contributed by atoms with Crippen molar-refractivity contribution < 1.29 is 18.7 Å². The highest BCUT2D eigenvalue weighted by Gasteiger charge is 2.34. The van der Waals surface area contributed by atoms with Crippen LogP contribution in [0.1, 0.15) is 28.8 Å². The standard InChI is InChI=1S/C41H37FN6O4/c42-32-22-30-37-40(38(32)47-17-16-27(24-47)44-36(49)15-14-26-23-43-33-11-5-4-10-29(26)33)52-35-13-7-6-12-34(35)48(37)25-31(39(30)50)41(51)46-20-18-45(19-21-46)28-8-2-1-3-9-28/h1-13,22-23,25,27,43H,14-21,24H2,(H,44,49). The molecule has 2 aromatic heterocycles. The Morgan fingerprint density at radius 3 is 2.50 bits per heavy atom. The molecule has 0 radical (unpaired) electrons. The number of halogens is 1. The summed E-state index contributed by atoms with van der Waals surface area (Å²) < 4.78 is 24.5. The summed E-state index contributed by atoms with van der Waals surface area (Å²) in [5.74, 6) is -0.329. The summed E-state index contributed by atoms with van der Waals surface area (Å²) in [5.41, 5.74) is 4.00. The number of rotatable bonds is 7. The summed E-state index contributed by atoms with van der Waals surface area (Å²) in [6.45, 7) is 3.06. The molecule has 11 heteroatoms. The minimum atomic E-state index is -0.613. The van der Waals surface area contributed by atoms with Crippen molar-refractivity contribution in [1.29, 1.82) is 0 Å². The van der Waals surface area contributed by atoms with E-state index in [-0.39, 0.29) is 40.2 Å². The molecule has 52 heavy (non-hydrogen) atoms. The van der Waals surface area contributed by atoms with Gasteiger partial charge in [-0.25, -0.2) is 4.39 Å². The van der Waals surface area contributed by atoms with E-state index in [1.165, 1.54) is 6.07 Å². The van der Waals surface area contributed by atoms with Gasteiger partial charge in [-0.15, -0.1) is 0 Å². The number of para-hydroxylation sites is 4. The zero-order valence-electron chi connectivity index (χ0n) is 28.5. The lowest BCUT2D eigenvalue weighted by molar-refractivity contribution is -0.121. The lowest BCUT2D eigenvalue weighted by Gasteiger charge is -2.36. The first-order chi connectivity index (χ1) is 25.4. The molecule has 2 amide bonds. The van der Waals surface area contributed by atoms with Gasteiger partial charge < -0.3 is 34.3 Å². The Morgan fingerprint density at radius 1 is 0.885 bits per heavy atom. The highest BCUT2D eigenvalue weighted by molar-refractivity contribution is 6.01. The third kappa shape index (κ3) is 5.53. The van der Waals surface area contributed by atoms with Gasteiger partial charge in [-0.2, -0.15) is 0 Å². The quantitative estimate of drug-likeness (QED) is 0.212. The Labute approximate surface area is 299 Å². The number of carbonyl (C=O) groups excluding carboxylic acids is 2. The second kappa shape index (κ2) is 12.9. The molecule has 9 rings (SSSR count). The lowest BCUT2D eigenvalue weighted by Crippen LogP contribution is -2.49. The molecule has 0 spiro atoms. The van der Waals surface area contributed by atoms with E-state index in [9.17, 15) is 14.4 Å². The summed E-state index contributed by atoms with van der Waals surface area (Å²) in [4.78, 5) is 50.1. The summed E-state index contributed by atoms with van der Waals surface area (Å²) >= 11 is 0. The van der Waals surface area contributed by atoms with E-state index in [0.29, 0.717) is 75.5 Å². The minimum absolute atomic E-state index is 0.00736. The van der Waals surface area contributed by atoms with E-state index < -0.39 is 11.2 Å². The number of aryl methyl sites for hydroxylation is 1. The number of piperazine rings is 1. The maximum absolute atomic E-state index is 16.4. The van der Waals surface area contributed by atoms with Crippen molar-refractivity contribution in [3.05, 3.63) is 124 Å². The van der Waals surface area contributed by atoms with Gasteiger partial charge in [0.1, 0.15) is 16.8 Å². The number of pyridine rings is 1. The average molecular weight is 697 g/mol. The Morgan fingerprint density at radius 2 is 1.65 bits per heavy atom. The van der Waals surface area contributed by atoms with Crippen molar-refractivity contribution in [1.82, 2.24) is 19.8 Å². The maximum atomic E-state index is 16.4. The van der Waals surface area contributed by atoms with Crippen LogP contribution in [0.3, 0.4) is 0 Å². The number of aromatic nitrogens is 2. The van der Waals surface area contributed by atoms with Crippen LogP contribution < -0.4 is 25.3 Å². The van der Waals surface area contributed by atoms with E-state index in [2.05, 4.69) is 15.2 Å². The van der Waals surface area contributed by atoms with E-state index in [1.807, 2.05) is 83.9 Å². The SMILES string of the molecule is O=C(CCc1c[nH]c2ccccc12)NC1CCN(c2c(F)cc3c(=O)c(C(=O)N4CCN(c5ccccc5)CC4)cn4c3c2Oc2ccccc2-4)C1. The fourth-order valence-electron chi connectivity index (χ4n) is 7.95. The fraction of sp³-hybridized carbons (Fsp3) is 0.244. The number of amides is 2. The molecule has 0 bridgehead atoms. The minimum Gasteiger partial charge on any atom is -0.451 e. The van der Waals surface area contributed by atoms with Crippen LogP contribution in [-0.4, -0.2) is 71.6 Å². The van der Waals surface area contributed by atoms with Gasteiger partial charge in [0, 0.05) is 80.7 Å². The molecule has 262 valence electrons. The van der Waals surface area contributed by atoms with Gasteiger partial charge in [-0.05, 0) is 54.8 Å². The Balaban J connectivity index is 0.980. The van der Waals surface area contributed by atoms with E-state index >= 15 is 4.39 Å². The van der Waals surface area contributed by atoms with Crippen LogP contribution in [0, 0.1) is 5.82 Å². The van der Waals surface area contributed by atoms with Crippen LogP contribution in [0.5, 0.6) is 11.5 Å². The average Bonchev–Trinajstić information content (AvgIpc) is 3.82. The van der Waals surface area contributed by atoms with Crippen LogP contribution >= 0.6 is 0 Å². The van der Waals surface area contributed by atoms with Gasteiger partial charge in [0.25, 0.3) is 5.91 Å². The molecule has 5 heterocycles. The Hall–Kier alpha value is -6.10. The zero-order chi connectivity index (χ0) is 35.3. The van der Waals surface area contributed by atoms with Crippen molar-refractivity contribution in [2.24, 2.45) is 0 Å². The molecule has 2 N–H and O–H groups in total. The van der Waals surface area contributed by atoms with Gasteiger partial charge in [0.2, 0.25) is 11.3 Å². The molecule has 0 aliphatic carbocycles. The molecule has 10 nitrogen and oxygen atoms in total. The number of H-pyrrole nitrogens is 1. The first-order valence-corrected chi connectivity index (χ1v) is 17.8. The molecule has 6 aromatic rings. The Bertz CT molecular complexity index is 2420. The number of hydrogen-bond acceptors (Lipinski definition) is 6. The first-order valence-electron chi connectivity index (χ1n) is 17.8. The normalized spacial score (nSPS) is 16.6. The second-order valence-electron chi connectivity index (χ2n) is 13.7. The third-order valence-electron chi connectivity index (χ3n) is 10.6. The smallest absolute Gasteiger partial charge is 0.259 e. The lowest BCUT2D eigenvalue weighted by atomic mass is 10.0. The maximum Gasteiger partial charge on any atom is 0.259 e. The highest BCUT2D eigenvalue weighted by atomic mass is 19.1. The van der Waals surface area contributed by atoms with Gasteiger partial charge >= 0.3 is 0 Å². The van der Waals surface area contributed by atoms with Crippen LogP contribution in [0.2, 0.25) is 0 Å². The molecule has 2 fully saturated rings. The number of nitrogens with one attached hydrogen (secondary N) is 2. The topological polar surface area (TPSA) is 103 Å². The second-order valence-corrected chi connectivity index (χ2v) is 13.7. The molecular formula is C41H37FN6O4. The van der Waals surface area contributed by atoms with Crippen LogP contribution in [-0.2, 0) is 11.2 Å². The number of fused-ring (bicyclic) bond motifs is 3. The van der Waals surface area contributed by atoms with Crippen molar-refractivity contribution in [2.75, 3.05) is 49.1 Å². The van der Waals surface area contributed by atoms with Crippen molar-refractivity contribution in [2.45, 2.75) is 25.3 Å². The molecule has 4 aromatic carbocycles. The first kappa shape index (κ1) is 31.9. The zero-order valence-corrected chi connectivity index (χ0v) is 28.5. The summed E-state index contributed by atoms with van der Waals surface area (Å²) in [6, 6.07) is 26.5. The molecule has 1 unspecified atom stereocenters. The molecule has 1 atom stereocenters. The van der Waals surface area contributed by atoms with Crippen LogP contribution in [0.25, 0.3) is 27.5 Å². The predicted octanol–water partition coefficient (Wildman–Crippen LogP) is 6.01. The van der Waals surface area contributed by atoms with E-state index in [1.54, 1.807) is 21.7 Å². The van der Waals surface area contributed by atoms with E-state index in [0.717, 1.165) is 22.2 Å². The number of hydrogen-bond donors (Lipinski definition) is 2. The number of benzene rings is 4. The Kier molecular flexibility index (Phi) is 7.90. The van der Waals surface area contributed by atoms with Crippen molar-refractivity contribution in [3.8, 4) is 17.2 Å². The van der Waals surface area contributed by atoms with Gasteiger partial charge in [-0.3, -0.25) is 14.4 Å². The summed E-state index contributed by atoms with van der Waals surface area (Å²) in [5, 5.41) is 4.34. The van der Waals surface area contributed by atoms with Gasteiger partial charge in [0.15, 0.2) is 17.3 Å². The summed E-state index contributed by atoms with van der Waals surface area (Å²) in [6.07, 6.45) is 5.11. The molecule has 3 aliphatic rings. The fourth-order valence-corrected chi connectivity index (χ4v) is 7.95. The molecule has 3 aliphatic heterocycles. The van der Waals surface area contributed by atoms with Gasteiger partial charge in [-0.1, -0.05) is 48.5 Å². The number of anilines is 2. The number of ether oxygens (including phenoxy) is 1. The van der Waals surface area contributed by atoms with Gasteiger partial charge in [0.05, 0.1) is 11.1 Å². The van der Waals surface area contributed by atoms with E-state index in [4.69, 9.17) is 4.74 Å². The third-order valence-corrected chi connectivity index (χ3v) is 10.6. The van der Waals surface area contributed by atoms with Crippen LogP contribution in [0.15, 0.2) is 102 Å². The number of nitrogens with zero attached hydrogens (tertiary/aromatic N) is 4. The van der Waals surface area contributed by atoms with Crippen molar-refractivity contribution >= 4 is 45.0 Å². The largest absolute Gasteiger partial charge is 0.451 e. The predicted molar refractivity (Wildman–Crippen MR) is 200 cm³/mol. The monoisotopic (exact) mass is 696 g/mol. The highest BCUT2D eigenvalue weighted by Crippen LogP contribution is 2.47.